The van der Waals surface area contributed by atoms with Gasteiger partial charge in [0.1, 0.15) is 5.75 Å². The van der Waals surface area contributed by atoms with Gasteiger partial charge < -0.3 is 10.1 Å². The van der Waals surface area contributed by atoms with Crippen molar-refractivity contribution in [3.63, 3.8) is 0 Å². The van der Waals surface area contributed by atoms with Crippen LogP contribution in [-0.2, 0) is 17.4 Å². The number of nitrogens with one attached hydrogen (secondary N) is 1. The van der Waals surface area contributed by atoms with Crippen molar-refractivity contribution >= 4 is 5.91 Å². The summed E-state index contributed by atoms with van der Waals surface area (Å²) in [4.78, 5) is 12.5. The maximum atomic E-state index is 13.1. The quantitative estimate of drug-likeness (QED) is 0.712. The molecule has 0 heterocycles. The van der Waals surface area contributed by atoms with Crippen LogP contribution in [0.15, 0.2) is 30.3 Å². The number of benzene rings is 1. The van der Waals surface area contributed by atoms with E-state index in [-0.39, 0.29) is 5.75 Å². The molecule has 0 aliphatic carbocycles. The largest absolute Gasteiger partial charge is 0.481 e. The van der Waals surface area contributed by atoms with E-state index in [0.717, 1.165) is 23.3 Å². The first-order valence-electron chi connectivity index (χ1n) is 9.19. The van der Waals surface area contributed by atoms with Crippen LogP contribution < -0.4 is 10.1 Å². The van der Waals surface area contributed by atoms with Gasteiger partial charge in [-0.3, -0.25) is 4.79 Å². The third kappa shape index (κ3) is 6.43. The molecule has 0 aliphatic rings. The lowest BCUT2D eigenvalue weighted by atomic mass is 10.1. The van der Waals surface area contributed by atoms with Crippen LogP contribution in [0, 0.1) is 30.4 Å². The molecule has 1 amide bonds. The Hall–Kier alpha value is -3.19. The number of hydrogen-bond acceptors (Lipinski definition) is 3. The van der Waals surface area contributed by atoms with Gasteiger partial charge in [-0.15, -0.1) is 0 Å². The Labute approximate surface area is 168 Å². The number of nitriles is 1. The highest BCUT2D eigenvalue weighted by molar-refractivity contribution is 5.81. The van der Waals surface area contributed by atoms with E-state index in [1.807, 2.05) is 19.9 Å². The second-order valence-electron chi connectivity index (χ2n) is 6.58. The second kappa shape index (κ2) is 9.84. The van der Waals surface area contributed by atoms with Gasteiger partial charge in [0.2, 0.25) is 0 Å². The minimum absolute atomic E-state index is 0.105. The molecule has 7 heteroatoms. The summed E-state index contributed by atoms with van der Waals surface area (Å²) in [6, 6.07) is 14.2. The first-order chi connectivity index (χ1) is 13.7. The monoisotopic (exact) mass is 402 g/mol. The molecule has 1 N–H and O–H groups in total. The summed E-state index contributed by atoms with van der Waals surface area (Å²) < 4.78 is 44.9. The molecule has 4 nitrogen and oxygen atoms in total. The number of halogens is 3. The van der Waals surface area contributed by atoms with E-state index in [1.165, 1.54) is 12.1 Å². The fourth-order valence-electron chi connectivity index (χ4n) is 2.76. The zero-order chi connectivity index (χ0) is 21.4. The van der Waals surface area contributed by atoms with Crippen LogP contribution in [0.5, 0.6) is 5.75 Å². The van der Waals surface area contributed by atoms with Gasteiger partial charge in [0.15, 0.2) is 6.10 Å². The minimum atomic E-state index is -4.69. The Balaban J connectivity index is 2.05. The van der Waals surface area contributed by atoms with E-state index in [2.05, 4.69) is 17.4 Å². The van der Waals surface area contributed by atoms with Crippen LogP contribution in [0.3, 0.4) is 0 Å². The van der Waals surface area contributed by atoms with Crippen molar-refractivity contribution in [2.45, 2.75) is 45.4 Å². The smallest absolute Gasteiger partial charge is 0.417 e. The Morgan fingerprint density at radius 1 is 1.34 bits per heavy atom. The molecule has 1 atom stereocenters. The number of aryl methyl sites for hydroxylation is 1. The van der Waals surface area contributed by atoms with Gasteiger partial charge in [0.25, 0.3) is 5.91 Å². The SMILES string of the molecule is CCCC(Oc1ccc(C#N)c(C(F)(F)F)c1)C(=O)NCCc1c#ccc(C)c1. The van der Waals surface area contributed by atoms with Crippen LogP contribution in [0.25, 0.3) is 0 Å². The summed E-state index contributed by atoms with van der Waals surface area (Å²) in [7, 11) is 0. The number of carbonyl (C=O) groups is 1. The fraction of sp³-hybridized carbons (Fsp3) is 0.364. The van der Waals surface area contributed by atoms with Crippen molar-refractivity contribution in [1.29, 1.82) is 5.26 Å². The number of rotatable bonds is 8. The Bertz CT molecular complexity index is 888. The van der Waals surface area contributed by atoms with Crippen molar-refractivity contribution in [1.82, 2.24) is 5.32 Å². The number of carbonyl (C=O) groups excluding carboxylic acids is 1. The summed E-state index contributed by atoms with van der Waals surface area (Å²) >= 11 is 0. The molecule has 0 saturated heterocycles. The molecule has 0 spiro atoms. The zero-order valence-electron chi connectivity index (χ0n) is 16.2. The van der Waals surface area contributed by atoms with Crippen molar-refractivity contribution in [3.05, 3.63) is 64.7 Å². The van der Waals surface area contributed by atoms with Gasteiger partial charge in [0.05, 0.1) is 17.2 Å². The summed E-state index contributed by atoms with van der Waals surface area (Å²) in [6.07, 6.45) is -4.10. The van der Waals surface area contributed by atoms with E-state index in [9.17, 15) is 18.0 Å². The molecule has 2 aromatic rings. The molecular formula is C22H21F3N2O2. The predicted molar refractivity (Wildman–Crippen MR) is 101 cm³/mol. The topological polar surface area (TPSA) is 62.1 Å². The Morgan fingerprint density at radius 2 is 2.10 bits per heavy atom. The van der Waals surface area contributed by atoms with E-state index in [4.69, 9.17) is 10.00 Å². The van der Waals surface area contributed by atoms with Gasteiger partial charge in [-0.2, -0.15) is 18.4 Å². The lowest BCUT2D eigenvalue weighted by molar-refractivity contribution is -0.137. The summed E-state index contributed by atoms with van der Waals surface area (Å²) in [6.45, 7) is 4.13. The molecule has 152 valence electrons. The van der Waals surface area contributed by atoms with Crippen LogP contribution in [0.4, 0.5) is 13.2 Å². The van der Waals surface area contributed by atoms with E-state index in [0.29, 0.717) is 25.8 Å². The molecule has 0 saturated carbocycles. The van der Waals surface area contributed by atoms with Gasteiger partial charge in [-0.05, 0) is 55.7 Å². The highest BCUT2D eigenvalue weighted by Crippen LogP contribution is 2.34. The third-order valence-electron chi connectivity index (χ3n) is 4.17. The van der Waals surface area contributed by atoms with E-state index in [1.54, 1.807) is 6.07 Å². The Morgan fingerprint density at radius 3 is 2.72 bits per heavy atom. The molecule has 2 rings (SSSR count). The lowest BCUT2D eigenvalue weighted by Crippen LogP contribution is -2.39. The number of alkyl halides is 3. The second-order valence-corrected chi connectivity index (χ2v) is 6.58. The average molecular weight is 402 g/mol. The number of ether oxygens (including phenoxy) is 1. The number of amides is 1. The van der Waals surface area contributed by atoms with Crippen LogP contribution in [0.1, 0.15) is 42.0 Å². The zero-order valence-corrected chi connectivity index (χ0v) is 16.2. The van der Waals surface area contributed by atoms with Crippen LogP contribution in [-0.4, -0.2) is 18.6 Å². The minimum Gasteiger partial charge on any atom is -0.481 e. The van der Waals surface area contributed by atoms with E-state index >= 15 is 0 Å². The highest BCUT2D eigenvalue weighted by Gasteiger charge is 2.34. The van der Waals surface area contributed by atoms with E-state index < -0.39 is 29.3 Å². The normalized spacial score (nSPS) is 11.9. The first kappa shape index (κ1) is 22.1. The van der Waals surface area contributed by atoms with Gasteiger partial charge in [-0.25, -0.2) is 0 Å². The molecule has 29 heavy (non-hydrogen) atoms. The molecule has 2 aromatic carbocycles. The maximum Gasteiger partial charge on any atom is 0.417 e. The summed E-state index contributed by atoms with van der Waals surface area (Å²) in [5, 5.41) is 11.6. The van der Waals surface area contributed by atoms with Gasteiger partial charge >= 0.3 is 6.18 Å². The number of nitrogens with zero attached hydrogens (tertiary/aromatic N) is 1. The molecule has 0 bridgehead atoms. The molecular weight excluding hydrogens is 381 g/mol. The molecule has 1 unspecified atom stereocenters. The maximum absolute atomic E-state index is 13.1. The molecule has 0 fully saturated rings. The van der Waals surface area contributed by atoms with Crippen molar-refractivity contribution in [2.75, 3.05) is 6.54 Å². The molecule has 0 aromatic heterocycles. The highest BCUT2D eigenvalue weighted by atomic mass is 19.4. The van der Waals surface area contributed by atoms with Crippen molar-refractivity contribution in [2.24, 2.45) is 0 Å². The Kier molecular flexibility index (Phi) is 7.50. The predicted octanol–water partition coefficient (Wildman–Crippen LogP) is 4.39. The van der Waals surface area contributed by atoms with Gasteiger partial charge in [0, 0.05) is 12.1 Å². The first-order valence-corrected chi connectivity index (χ1v) is 9.19. The lowest BCUT2D eigenvalue weighted by Gasteiger charge is -2.19. The average Bonchev–Trinajstić information content (AvgIpc) is 2.67. The van der Waals surface area contributed by atoms with Crippen molar-refractivity contribution in [3.8, 4) is 11.8 Å². The summed E-state index contributed by atoms with van der Waals surface area (Å²) in [5.74, 6) is -0.507. The molecule has 0 aliphatic heterocycles. The third-order valence-corrected chi connectivity index (χ3v) is 4.17. The van der Waals surface area contributed by atoms with Crippen LogP contribution in [0.2, 0.25) is 0 Å². The fourth-order valence-corrected chi connectivity index (χ4v) is 2.76. The summed E-state index contributed by atoms with van der Waals surface area (Å²) in [5.41, 5.74) is 0.366. The van der Waals surface area contributed by atoms with Crippen LogP contribution >= 0.6 is 0 Å². The van der Waals surface area contributed by atoms with Gasteiger partial charge in [-0.1, -0.05) is 25.5 Å². The van der Waals surface area contributed by atoms with Crippen molar-refractivity contribution < 1.29 is 22.7 Å². The molecule has 0 radical (unpaired) electrons. The standard InChI is InChI=1S/C22H21F3N2O2/c1-3-5-20(21(28)27-11-10-16-7-4-6-15(2)12-16)29-18-9-8-17(14-26)19(13-18)22(23,24)25/h6,8-9,12-13,20H,3,5,10-11H2,1-2H3,(H,27,28). The number of hydrogen-bond donors (Lipinski definition) is 1.